The second-order valence-electron chi connectivity index (χ2n) is 6.35. The van der Waals surface area contributed by atoms with Crippen LogP contribution in [0.2, 0.25) is 0 Å². The van der Waals surface area contributed by atoms with Crippen molar-refractivity contribution >= 4 is 38.5 Å². The fraction of sp³-hybridized carbons (Fsp3) is 0.0909. The van der Waals surface area contributed by atoms with E-state index in [1.807, 2.05) is 13.0 Å². The number of halogens is 1. The molecule has 0 aliphatic carbocycles. The summed E-state index contributed by atoms with van der Waals surface area (Å²) in [7, 11) is 0. The lowest BCUT2D eigenvalue weighted by Gasteiger charge is -2.07. The first-order chi connectivity index (χ1) is 14.5. The molecule has 1 amide bonds. The average molecular weight is 466 g/mol. The third-order valence-electron chi connectivity index (χ3n) is 4.31. The lowest BCUT2D eigenvalue weighted by Crippen LogP contribution is -2.20. The minimum absolute atomic E-state index is 0.0675. The Balaban J connectivity index is 1.53. The molecule has 0 aliphatic heterocycles. The molecule has 150 valence electrons. The van der Waals surface area contributed by atoms with Gasteiger partial charge in [-0.1, -0.05) is 28.1 Å². The standard InChI is InChI=1S/C22H16BrN3O4/c1-2-29-20-10-8-18(25-26-20)13-3-6-16(7-4-13)24-21(27)17-12-14-11-15(23)5-9-19(14)30-22(17)28/h3-12H,2H2,1H3,(H,24,27). The molecule has 8 heteroatoms. The van der Waals surface area contributed by atoms with E-state index in [-0.39, 0.29) is 5.56 Å². The highest BCUT2D eigenvalue weighted by Gasteiger charge is 2.14. The summed E-state index contributed by atoms with van der Waals surface area (Å²) in [6.07, 6.45) is 0. The Kier molecular flexibility index (Phi) is 5.58. The predicted molar refractivity (Wildman–Crippen MR) is 117 cm³/mol. The van der Waals surface area contributed by atoms with Crippen molar-refractivity contribution < 1.29 is 13.9 Å². The van der Waals surface area contributed by atoms with E-state index in [1.165, 1.54) is 6.07 Å². The molecule has 2 aromatic carbocycles. The maximum Gasteiger partial charge on any atom is 0.349 e. The van der Waals surface area contributed by atoms with Gasteiger partial charge in [-0.05, 0) is 49.4 Å². The summed E-state index contributed by atoms with van der Waals surface area (Å²) in [5, 5.41) is 11.5. The molecule has 0 fully saturated rings. The number of fused-ring (bicyclic) bond motifs is 1. The van der Waals surface area contributed by atoms with Gasteiger partial charge in [-0.2, -0.15) is 0 Å². The van der Waals surface area contributed by atoms with E-state index in [0.29, 0.717) is 34.8 Å². The van der Waals surface area contributed by atoms with Crippen molar-refractivity contribution in [3.63, 3.8) is 0 Å². The number of ether oxygens (including phenoxy) is 1. The maximum atomic E-state index is 12.6. The zero-order chi connectivity index (χ0) is 21.1. The zero-order valence-electron chi connectivity index (χ0n) is 15.9. The van der Waals surface area contributed by atoms with Gasteiger partial charge < -0.3 is 14.5 Å². The van der Waals surface area contributed by atoms with Crippen LogP contribution in [0.15, 0.2) is 74.3 Å². The molecule has 2 aromatic heterocycles. The number of carbonyl (C=O) groups excluding carboxylic acids is 1. The summed E-state index contributed by atoms with van der Waals surface area (Å²) in [4.78, 5) is 24.8. The number of aromatic nitrogens is 2. The molecule has 0 saturated heterocycles. The zero-order valence-corrected chi connectivity index (χ0v) is 17.5. The van der Waals surface area contributed by atoms with Gasteiger partial charge in [-0.15, -0.1) is 10.2 Å². The van der Waals surface area contributed by atoms with Crippen LogP contribution in [0, 0.1) is 0 Å². The number of rotatable bonds is 5. The smallest absolute Gasteiger partial charge is 0.349 e. The molecule has 1 N–H and O–H groups in total. The first-order valence-electron chi connectivity index (χ1n) is 9.15. The SMILES string of the molecule is CCOc1ccc(-c2ccc(NC(=O)c3cc4cc(Br)ccc4oc3=O)cc2)nn1. The summed E-state index contributed by atoms with van der Waals surface area (Å²) in [5.41, 5.74) is 1.71. The van der Waals surface area contributed by atoms with Crippen molar-refractivity contribution in [3.05, 3.63) is 81.1 Å². The van der Waals surface area contributed by atoms with E-state index in [0.717, 1.165) is 10.0 Å². The number of anilines is 1. The minimum atomic E-state index is -0.691. The Hall–Kier alpha value is -3.52. The first-order valence-corrected chi connectivity index (χ1v) is 9.94. The van der Waals surface area contributed by atoms with E-state index in [1.54, 1.807) is 48.5 Å². The molecule has 0 unspecified atom stereocenters. The Labute approximate surface area is 179 Å². The molecule has 0 saturated carbocycles. The van der Waals surface area contributed by atoms with E-state index in [2.05, 4.69) is 31.4 Å². The van der Waals surface area contributed by atoms with Gasteiger partial charge in [0.25, 0.3) is 5.91 Å². The number of hydrogen-bond acceptors (Lipinski definition) is 6. The van der Waals surface area contributed by atoms with E-state index >= 15 is 0 Å². The number of hydrogen-bond donors (Lipinski definition) is 1. The monoisotopic (exact) mass is 465 g/mol. The average Bonchev–Trinajstić information content (AvgIpc) is 2.75. The van der Waals surface area contributed by atoms with Crippen molar-refractivity contribution in [2.24, 2.45) is 0 Å². The Bertz CT molecular complexity index is 1270. The summed E-state index contributed by atoms with van der Waals surface area (Å²) in [5.74, 6) is -0.0781. The molecule has 30 heavy (non-hydrogen) atoms. The second kappa shape index (κ2) is 8.46. The van der Waals surface area contributed by atoms with E-state index in [9.17, 15) is 9.59 Å². The van der Waals surface area contributed by atoms with Gasteiger partial charge in [0.2, 0.25) is 5.88 Å². The first kappa shape index (κ1) is 19.8. The van der Waals surface area contributed by atoms with Crippen LogP contribution in [0.1, 0.15) is 17.3 Å². The van der Waals surface area contributed by atoms with Crippen LogP contribution >= 0.6 is 15.9 Å². The molecular weight excluding hydrogens is 450 g/mol. The van der Waals surface area contributed by atoms with Gasteiger partial charge >= 0.3 is 5.63 Å². The number of benzene rings is 2. The van der Waals surface area contributed by atoms with Crippen LogP contribution in [-0.4, -0.2) is 22.7 Å². The Morgan fingerprint density at radius 2 is 1.87 bits per heavy atom. The summed E-state index contributed by atoms with van der Waals surface area (Å²) in [6.45, 7) is 2.40. The van der Waals surface area contributed by atoms with Gasteiger partial charge in [0, 0.05) is 27.2 Å². The van der Waals surface area contributed by atoms with Gasteiger partial charge in [-0.3, -0.25) is 4.79 Å². The van der Waals surface area contributed by atoms with Crippen LogP contribution in [0.25, 0.3) is 22.2 Å². The minimum Gasteiger partial charge on any atom is -0.477 e. The molecule has 0 spiro atoms. The van der Waals surface area contributed by atoms with Gasteiger partial charge in [0.05, 0.1) is 12.3 Å². The molecule has 0 radical (unpaired) electrons. The van der Waals surface area contributed by atoms with Gasteiger partial charge in [0.15, 0.2) is 0 Å². The Morgan fingerprint density at radius 1 is 1.07 bits per heavy atom. The molecule has 4 aromatic rings. The number of carbonyl (C=O) groups is 1. The molecular formula is C22H16BrN3O4. The Morgan fingerprint density at radius 3 is 2.57 bits per heavy atom. The largest absolute Gasteiger partial charge is 0.477 e. The maximum absolute atomic E-state index is 12.6. The highest BCUT2D eigenvalue weighted by molar-refractivity contribution is 9.10. The fourth-order valence-electron chi connectivity index (χ4n) is 2.87. The third kappa shape index (κ3) is 4.23. The van der Waals surface area contributed by atoms with Crippen molar-refractivity contribution in [2.75, 3.05) is 11.9 Å². The predicted octanol–water partition coefficient (Wildman–Crippen LogP) is 4.66. The molecule has 2 heterocycles. The van der Waals surface area contributed by atoms with Crippen LogP contribution in [0.5, 0.6) is 5.88 Å². The van der Waals surface area contributed by atoms with Crippen molar-refractivity contribution in [1.29, 1.82) is 0 Å². The molecule has 0 atom stereocenters. The van der Waals surface area contributed by atoms with Crippen LogP contribution < -0.4 is 15.7 Å². The molecule has 0 bridgehead atoms. The highest BCUT2D eigenvalue weighted by Crippen LogP contribution is 2.22. The lowest BCUT2D eigenvalue weighted by atomic mass is 10.1. The van der Waals surface area contributed by atoms with Crippen molar-refractivity contribution in [2.45, 2.75) is 6.92 Å². The van der Waals surface area contributed by atoms with Crippen LogP contribution in [0.3, 0.4) is 0 Å². The lowest BCUT2D eigenvalue weighted by molar-refractivity contribution is 0.102. The molecule has 0 aliphatic rings. The van der Waals surface area contributed by atoms with Crippen molar-refractivity contribution in [1.82, 2.24) is 10.2 Å². The number of nitrogens with zero attached hydrogens (tertiary/aromatic N) is 2. The van der Waals surface area contributed by atoms with E-state index in [4.69, 9.17) is 9.15 Å². The summed E-state index contributed by atoms with van der Waals surface area (Å²) < 4.78 is 11.4. The summed E-state index contributed by atoms with van der Waals surface area (Å²) in [6, 6.07) is 17.4. The molecule has 4 rings (SSSR count). The van der Waals surface area contributed by atoms with Gasteiger partial charge in [0.1, 0.15) is 11.1 Å². The fourth-order valence-corrected chi connectivity index (χ4v) is 3.25. The quantitative estimate of drug-likeness (QED) is 0.430. The van der Waals surface area contributed by atoms with Gasteiger partial charge in [-0.25, -0.2) is 4.79 Å². The number of amides is 1. The topological polar surface area (TPSA) is 94.3 Å². The second-order valence-corrected chi connectivity index (χ2v) is 7.27. The normalized spacial score (nSPS) is 10.7. The van der Waals surface area contributed by atoms with E-state index < -0.39 is 11.5 Å². The highest BCUT2D eigenvalue weighted by atomic mass is 79.9. The number of nitrogens with one attached hydrogen (secondary N) is 1. The van der Waals surface area contributed by atoms with Crippen molar-refractivity contribution in [3.8, 4) is 17.1 Å². The van der Waals surface area contributed by atoms with Crippen LogP contribution in [0.4, 0.5) is 5.69 Å². The molecule has 7 nitrogen and oxygen atoms in total. The third-order valence-corrected chi connectivity index (χ3v) is 4.80. The van der Waals surface area contributed by atoms with Crippen LogP contribution in [-0.2, 0) is 0 Å². The summed E-state index contributed by atoms with van der Waals surface area (Å²) >= 11 is 3.37.